The van der Waals surface area contributed by atoms with Crippen LogP contribution in [0.1, 0.15) is 29.5 Å². The van der Waals surface area contributed by atoms with E-state index in [9.17, 15) is 4.79 Å². The summed E-state index contributed by atoms with van der Waals surface area (Å²) in [6, 6.07) is 16.7. The van der Waals surface area contributed by atoms with Crippen LogP contribution in [0.5, 0.6) is 5.75 Å². The van der Waals surface area contributed by atoms with Crippen molar-refractivity contribution in [2.24, 2.45) is 0 Å². The fourth-order valence-electron chi connectivity index (χ4n) is 3.42. The Bertz CT molecular complexity index is 736. The summed E-state index contributed by atoms with van der Waals surface area (Å²) >= 11 is 0. The van der Waals surface area contributed by atoms with Crippen LogP contribution in [0.3, 0.4) is 0 Å². The highest BCUT2D eigenvalue weighted by Crippen LogP contribution is 2.18. The predicted molar refractivity (Wildman–Crippen MR) is 104 cm³/mol. The van der Waals surface area contributed by atoms with E-state index in [1.54, 1.807) is 0 Å². The molecule has 26 heavy (non-hydrogen) atoms. The lowest BCUT2D eigenvalue weighted by Crippen LogP contribution is -2.44. The average molecular weight is 352 g/mol. The van der Waals surface area contributed by atoms with Crippen LogP contribution in [-0.2, 0) is 17.8 Å². The highest BCUT2D eigenvalue weighted by molar-refractivity contribution is 5.79. The number of nitrogens with one attached hydrogen (secondary N) is 1. The number of hydrogen-bond acceptors (Lipinski definition) is 3. The lowest BCUT2D eigenvalue weighted by molar-refractivity contribution is -0.131. The van der Waals surface area contributed by atoms with Crippen LogP contribution in [-0.4, -0.2) is 37.0 Å². The summed E-state index contributed by atoms with van der Waals surface area (Å²) in [6.45, 7) is 4.30. The van der Waals surface area contributed by atoms with Gasteiger partial charge in [0.2, 0.25) is 5.91 Å². The summed E-state index contributed by atoms with van der Waals surface area (Å²) in [5, 5.41) is 3.30. The van der Waals surface area contributed by atoms with Gasteiger partial charge in [-0.1, -0.05) is 42.0 Å². The van der Waals surface area contributed by atoms with Crippen molar-refractivity contribution in [2.75, 3.05) is 20.1 Å². The number of aryl methyl sites for hydroxylation is 1. The van der Waals surface area contributed by atoms with Gasteiger partial charge in [-0.15, -0.1) is 0 Å². The van der Waals surface area contributed by atoms with Gasteiger partial charge in [-0.25, -0.2) is 0 Å². The molecule has 0 unspecified atom stereocenters. The molecule has 0 spiro atoms. The average Bonchev–Trinajstić information content (AvgIpc) is 2.67. The van der Waals surface area contributed by atoms with Gasteiger partial charge in [-0.05, 0) is 50.1 Å². The van der Waals surface area contributed by atoms with E-state index in [0.29, 0.717) is 19.1 Å². The van der Waals surface area contributed by atoms with Crippen LogP contribution in [0.4, 0.5) is 0 Å². The molecule has 1 aliphatic rings. The molecule has 4 heteroatoms. The number of carbonyl (C=O) groups excluding carboxylic acids is 1. The van der Waals surface area contributed by atoms with E-state index < -0.39 is 0 Å². The van der Waals surface area contributed by atoms with Crippen LogP contribution in [0.2, 0.25) is 0 Å². The Morgan fingerprint density at radius 1 is 1.12 bits per heavy atom. The lowest BCUT2D eigenvalue weighted by atomic mass is 10.0. The molecule has 0 atom stereocenters. The first-order valence-electron chi connectivity index (χ1n) is 9.36. The van der Waals surface area contributed by atoms with Crippen molar-refractivity contribution >= 4 is 5.91 Å². The highest BCUT2D eigenvalue weighted by atomic mass is 16.5. The molecule has 1 aliphatic heterocycles. The van der Waals surface area contributed by atoms with Crippen molar-refractivity contribution in [1.29, 1.82) is 0 Å². The largest absolute Gasteiger partial charge is 0.489 e. The van der Waals surface area contributed by atoms with Crippen LogP contribution in [0, 0.1) is 6.92 Å². The molecule has 138 valence electrons. The summed E-state index contributed by atoms with van der Waals surface area (Å²) in [5.74, 6) is 1.01. The van der Waals surface area contributed by atoms with Crippen molar-refractivity contribution in [3.63, 3.8) is 0 Å². The summed E-state index contributed by atoms with van der Waals surface area (Å²) in [4.78, 5) is 14.5. The van der Waals surface area contributed by atoms with E-state index in [1.807, 2.05) is 42.3 Å². The van der Waals surface area contributed by atoms with Crippen LogP contribution in [0.25, 0.3) is 0 Å². The molecule has 0 radical (unpaired) electrons. The Morgan fingerprint density at radius 3 is 2.58 bits per heavy atom. The molecule has 0 bridgehead atoms. The maximum atomic E-state index is 12.6. The molecule has 1 fully saturated rings. The van der Waals surface area contributed by atoms with Gasteiger partial charge in [0.25, 0.3) is 0 Å². The molecule has 1 heterocycles. The minimum Gasteiger partial charge on any atom is -0.489 e. The first-order chi connectivity index (χ1) is 12.6. The van der Waals surface area contributed by atoms with E-state index in [-0.39, 0.29) is 5.91 Å². The molecule has 1 amide bonds. The quantitative estimate of drug-likeness (QED) is 0.867. The number of hydrogen-bond donors (Lipinski definition) is 1. The number of nitrogens with zero attached hydrogens (tertiary/aromatic N) is 1. The van der Waals surface area contributed by atoms with Gasteiger partial charge >= 0.3 is 0 Å². The maximum Gasteiger partial charge on any atom is 0.226 e. The Balaban J connectivity index is 1.54. The van der Waals surface area contributed by atoms with E-state index in [1.165, 1.54) is 5.56 Å². The van der Waals surface area contributed by atoms with Crippen molar-refractivity contribution in [3.05, 3.63) is 65.2 Å². The molecular formula is C22H28N2O2. The van der Waals surface area contributed by atoms with Crippen molar-refractivity contribution in [1.82, 2.24) is 10.2 Å². The molecule has 3 rings (SSSR count). The Hall–Kier alpha value is -2.33. The van der Waals surface area contributed by atoms with Gasteiger partial charge in [0.15, 0.2) is 0 Å². The van der Waals surface area contributed by atoms with E-state index in [4.69, 9.17) is 4.74 Å². The first kappa shape index (κ1) is 18.5. The number of piperidine rings is 1. The normalized spacial score (nSPS) is 15.1. The standard InChI is InChI=1S/C22H28N2O2/c1-17-5-3-7-19(13-17)16-26-21-8-4-6-18(14-21)15-22(25)24-11-9-20(23-2)10-12-24/h3-8,13-14,20,23H,9-12,15-16H2,1-2H3. The minimum absolute atomic E-state index is 0.204. The smallest absolute Gasteiger partial charge is 0.226 e. The fraction of sp³-hybridized carbons (Fsp3) is 0.409. The summed E-state index contributed by atoms with van der Waals surface area (Å²) in [7, 11) is 1.99. The van der Waals surface area contributed by atoms with Gasteiger partial charge in [0, 0.05) is 19.1 Å². The van der Waals surface area contributed by atoms with Crippen LogP contribution >= 0.6 is 0 Å². The van der Waals surface area contributed by atoms with E-state index in [0.717, 1.165) is 42.8 Å². The summed E-state index contributed by atoms with van der Waals surface area (Å²) in [5.41, 5.74) is 3.39. The Labute approximate surface area is 156 Å². The molecule has 1 saturated heterocycles. The zero-order valence-electron chi connectivity index (χ0n) is 15.7. The van der Waals surface area contributed by atoms with Crippen molar-refractivity contribution < 1.29 is 9.53 Å². The third kappa shape index (κ3) is 5.09. The van der Waals surface area contributed by atoms with Gasteiger partial charge in [-0.2, -0.15) is 0 Å². The van der Waals surface area contributed by atoms with Gasteiger partial charge in [0.1, 0.15) is 12.4 Å². The van der Waals surface area contributed by atoms with Gasteiger partial charge < -0.3 is 15.0 Å². The molecule has 0 aliphatic carbocycles. The van der Waals surface area contributed by atoms with Gasteiger partial charge in [0.05, 0.1) is 6.42 Å². The van der Waals surface area contributed by atoms with Crippen molar-refractivity contribution in [2.45, 2.75) is 38.8 Å². The third-order valence-corrected chi connectivity index (χ3v) is 5.00. The second-order valence-electron chi connectivity index (χ2n) is 7.05. The number of rotatable bonds is 6. The van der Waals surface area contributed by atoms with Crippen LogP contribution < -0.4 is 10.1 Å². The summed E-state index contributed by atoms with van der Waals surface area (Å²) in [6.07, 6.45) is 2.50. The Morgan fingerprint density at radius 2 is 1.85 bits per heavy atom. The summed E-state index contributed by atoms with van der Waals surface area (Å²) < 4.78 is 5.91. The lowest BCUT2D eigenvalue weighted by Gasteiger charge is -2.32. The number of likely N-dealkylation sites (tertiary alicyclic amines) is 1. The van der Waals surface area contributed by atoms with Crippen molar-refractivity contribution in [3.8, 4) is 5.75 Å². The zero-order chi connectivity index (χ0) is 18.4. The number of benzene rings is 2. The molecule has 2 aromatic rings. The first-order valence-corrected chi connectivity index (χ1v) is 9.36. The SMILES string of the molecule is CNC1CCN(C(=O)Cc2cccc(OCc3cccc(C)c3)c2)CC1. The van der Waals surface area contributed by atoms with E-state index >= 15 is 0 Å². The number of amides is 1. The molecular weight excluding hydrogens is 324 g/mol. The molecule has 2 aromatic carbocycles. The second-order valence-corrected chi connectivity index (χ2v) is 7.05. The molecule has 4 nitrogen and oxygen atoms in total. The number of carbonyl (C=O) groups is 1. The topological polar surface area (TPSA) is 41.6 Å². The van der Waals surface area contributed by atoms with Crippen LogP contribution in [0.15, 0.2) is 48.5 Å². The monoisotopic (exact) mass is 352 g/mol. The fourth-order valence-corrected chi connectivity index (χ4v) is 3.42. The maximum absolute atomic E-state index is 12.6. The highest BCUT2D eigenvalue weighted by Gasteiger charge is 2.21. The second kappa shape index (κ2) is 8.86. The minimum atomic E-state index is 0.204. The molecule has 0 saturated carbocycles. The third-order valence-electron chi connectivity index (χ3n) is 5.00. The molecule has 0 aromatic heterocycles. The van der Waals surface area contributed by atoms with Gasteiger partial charge in [-0.3, -0.25) is 4.79 Å². The predicted octanol–water partition coefficient (Wildman–Crippen LogP) is 3.33. The Kier molecular flexibility index (Phi) is 6.29. The van der Waals surface area contributed by atoms with E-state index in [2.05, 4.69) is 30.4 Å². The molecule has 1 N–H and O–H groups in total. The number of ether oxygens (including phenoxy) is 1. The zero-order valence-corrected chi connectivity index (χ0v) is 15.7.